The first-order chi connectivity index (χ1) is 14.4. The largest absolute Gasteiger partial charge is 0.291 e. The molecule has 2 heterocycles. The molecule has 1 saturated carbocycles. The molecule has 2 fully saturated rings. The Morgan fingerprint density at radius 1 is 1.10 bits per heavy atom. The fourth-order valence-electron chi connectivity index (χ4n) is 4.27. The lowest BCUT2D eigenvalue weighted by Crippen LogP contribution is -2.52. The number of fused-ring (bicyclic) bond motifs is 1. The van der Waals surface area contributed by atoms with E-state index in [0.717, 1.165) is 16.4 Å². The number of hydrogen-bond donors (Lipinski definition) is 0. The molecule has 3 atom stereocenters. The van der Waals surface area contributed by atoms with Gasteiger partial charge in [0.05, 0.1) is 27.3 Å². The summed E-state index contributed by atoms with van der Waals surface area (Å²) >= 11 is 7.45. The summed E-state index contributed by atoms with van der Waals surface area (Å²) in [6, 6.07) is 9.80. The molecule has 1 aromatic heterocycles. The first kappa shape index (κ1) is 20.8. The van der Waals surface area contributed by atoms with E-state index in [0.29, 0.717) is 23.6 Å². The van der Waals surface area contributed by atoms with Gasteiger partial charge in [-0.05, 0) is 48.8 Å². The zero-order valence-electron chi connectivity index (χ0n) is 16.4. The number of halogens is 1. The van der Waals surface area contributed by atoms with Gasteiger partial charge in [0.1, 0.15) is 6.54 Å². The maximum absolute atomic E-state index is 13.4. The fraction of sp³-hybridized carbons (Fsp3) is 0.364. The molecule has 1 aliphatic carbocycles. The van der Waals surface area contributed by atoms with Crippen molar-refractivity contribution in [2.24, 2.45) is 17.8 Å². The van der Waals surface area contributed by atoms with Crippen LogP contribution in [0.4, 0.5) is 0 Å². The Morgan fingerprint density at radius 3 is 2.53 bits per heavy atom. The number of carbonyl (C=O) groups is 4. The van der Waals surface area contributed by atoms with E-state index in [1.165, 1.54) is 17.4 Å². The molecule has 30 heavy (non-hydrogen) atoms. The van der Waals surface area contributed by atoms with Gasteiger partial charge in [-0.3, -0.25) is 19.2 Å². The summed E-state index contributed by atoms with van der Waals surface area (Å²) in [7, 11) is 0. The van der Waals surface area contributed by atoms with Crippen molar-refractivity contribution in [2.45, 2.75) is 26.2 Å². The highest BCUT2D eigenvalue weighted by Gasteiger charge is 2.52. The first-order valence-corrected chi connectivity index (χ1v) is 11.1. The number of hydrazine groups is 1. The third-order valence-corrected chi connectivity index (χ3v) is 7.07. The van der Waals surface area contributed by atoms with Crippen LogP contribution in [-0.4, -0.2) is 40.1 Å². The molecule has 6 nitrogen and oxygen atoms in total. The van der Waals surface area contributed by atoms with Crippen LogP contribution in [0.5, 0.6) is 0 Å². The highest BCUT2D eigenvalue weighted by atomic mass is 35.5. The Hall–Kier alpha value is -2.51. The summed E-state index contributed by atoms with van der Waals surface area (Å²) in [4.78, 5) is 53.0. The zero-order valence-corrected chi connectivity index (χ0v) is 18.0. The Labute approximate surface area is 183 Å². The molecule has 0 radical (unpaired) electrons. The zero-order chi connectivity index (χ0) is 21.4. The van der Waals surface area contributed by atoms with E-state index in [9.17, 15) is 19.2 Å². The Bertz CT molecular complexity index is 1010. The normalized spacial score (nSPS) is 23.4. The Balaban J connectivity index is 1.70. The first-order valence-electron chi connectivity index (χ1n) is 9.89. The monoisotopic (exact) mass is 444 g/mol. The molecular formula is C22H21ClN2O4S. The van der Waals surface area contributed by atoms with Crippen molar-refractivity contribution in [3.63, 3.8) is 0 Å². The number of imide groups is 1. The molecule has 3 amide bonds. The lowest BCUT2D eigenvalue weighted by Gasteiger charge is -2.30. The number of Topliss-reactive ketones (excluding diaryl/α,β-unsaturated/α-hetero) is 1. The third kappa shape index (κ3) is 3.68. The van der Waals surface area contributed by atoms with Gasteiger partial charge < -0.3 is 0 Å². The fourth-order valence-corrected chi connectivity index (χ4v) is 5.14. The highest BCUT2D eigenvalue weighted by molar-refractivity contribution is 7.12. The minimum Gasteiger partial charge on any atom is -0.291 e. The standard InChI is InChI=1S/C22H21ClN2O4S/c1-13-8-9-14-16(11-13)22(29)25(21(14)28)24(12-18(26)19-7-4-10-30-19)20(27)15-5-2-3-6-17(15)23/h2-7,10,13-14,16H,8-9,11-12H2,1H3/t13-,14+,16-/m1/s1. The SMILES string of the molecule is C[C@@H]1CC[C@@H]2C(=O)N(N(CC(=O)c3cccs3)C(=O)c3ccccc3Cl)C(=O)[C@@H]2C1. The van der Waals surface area contributed by atoms with Gasteiger partial charge in [0, 0.05) is 0 Å². The van der Waals surface area contributed by atoms with Crippen LogP contribution in [-0.2, 0) is 9.59 Å². The lowest BCUT2D eigenvalue weighted by atomic mass is 9.76. The topological polar surface area (TPSA) is 74.8 Å². The van der Waals surface area contributed by atoms with Gasteiger partial charge in [-0.1, -0.05) is 36.7 Å². The smallest absolute Gasteiger partial charge is 0.274 e. The Kier molecular flexibility index (Phi) is 5.75. The average molecular weight is 445 g/mol. The predicted molar refractivity (Wildman–Crippen MR) is 113 cm³/mol. The van der Waals surface area contributed by atoms with Gasteiger partial charge in [0.25, 0.3) is 17.7 Å². The number of nitrogens with zero attached hydrogens (tertiary/aromatic N) is 2. The minimum absolute atomic E-state index is 0.141. The van der Waals surface area contributed by atoms with Crippen LogP contribution in [0.25, 0.3) is 0 Å². The van der Waals surface area contributed by atoms with E-state index in [1.54, 1.807) is 35.7 Å². The summed E-state index contributed by atoms with van der Waals surface area (Å²) in [6.45, 7) is 1.65. The number of carbonyl (C=O) groups excluding carboxylic acids is 4. The Morgan fingerprint density at radius 2 is 1.83 bits per heavy atom. The van der Waals surface area contributed by atoms with Gasteiger partial charge in [-0.15, -0.1) is 11.3 Å². The van der Waals surface area contributed by atoms with Gasteiger partial charge >= 0.3 is 0 Å². The number of hydrogen-bond acceptors (Lipinski definition) is 5. The van der Waals surface area contributed by atoms with Crippen molar-refractivity contribution >= 4 is 46.4 Å². The van der Waals surface area contributed by atoms with Crippen LogP contribution in [0.2, 0.25) is 5.02 Å². The van der Waals surface area contributed by atoms with Crippen molar-refractivity contribution in [1.29, 1.82) is 0 Å². The van der Waals surface area contributed by atoms with Crippen LogP contribution < -0.4 is 0 Å². The van der Waals surface area contributed by atoms with Crippen molar-refractivity contribution in [3.8, 4) is 0 Å². The van der Waals surface area contributed by atoms with Crippen molar-refractivity contribution in [2.75, 3.05) is 6.54 Å². The van der Waals surface area contributed by atoms with Crippen LogP contribution in [0.3, 0.4) is 0 Å². The number of rotatable bonds is 5. The van der Waals surface area contributed by atoms with Gasteiger partial charge in [-0.2, -0.15) is 5.01 Å². The summed E-state index contributed by atoms with van der Waals surface area (Å²) in [6.07, 6.45) is 2.08. The van der Waals surface area contributed by atoms with Gasteiger partial charge in [0.2, 0.25) is 0 Å². The summed E-state index contributed by atoms with van der Waals surface area (Å²) < 4.78 is 0. The quantitative estimate of drug-likeness (QED) is 0.514. The van der Waals surface area contributed by atoms with Crippen LogP contribution in [0.15, 0.2) is 41.8 Å². The molecule has 156 valence electrons. The van der Waals surface area contributed by atoms with E-state index in [1.807, 2.05) is 0 Å². The summed E-state index contributed by atoms with van der Waals surface area (Å²) in [5, 5.41) is 3.85. The molecule has 2 aliphatic rings. The number of amides is 3. The molecule has 0 N–H and O–H groups in total. The van der Waals surface area contributed by atoms with E-state index in [-0.39, 0.29) is 16.4 Å². The molecule has 0 spiro atoms. The molecular weight excluding hydrogens is 424 g/mol. The maximum atomic E-state index is 13.4. The van der Waals surface area contributed by atoms with Crippen molar-refractivity contribution in [3.05, 3.63) is 57.2 Å². The second kappa shape index (κ2) is 8.32. The summed E-state index contributed by atoms with van der Waals surface area (Å²) in [5.74, 6) is -2.34. The highest BCUT2D eigenvalue weighted by Crippen LogP contribution is 2.41. The van der Waals surface area contributed by atoms with E-state index >= 15 is 0 Å². The molecule has 2 aromatic rings. The maximum Gasteiger partial charge on any atom is 0.274 e. The number of thiophene rings is 1. The number of benzene rings is 1. The van der Waals surface area contributed by atoms with Crippen molar-refractivity contribution < 1.29 is 19.2 Å². The lowest BCUT2D eigenvalue weighted by molar-refractivity contribution is -0.154. The second-order valence-electron chi connectivity index (χ2n) is 7.86. The molecule has 4 rings (SSSR count). The van der Waals surface area contributed by atoms with Crippen LogP contribution in [0, 0.1) is 17.8 Å². The third-order valence-electron chi connectivity index (χ3n) is 5.83. The molecule has 8 heteroatoms. The van der Waals surface area contributed by atoms with Crippen molar-refractivity contribution in [1.82, 2.24) is 10.0 Å². The van der Waals surface area contributed by atoms with E-state index in [2.05, 4.69) is 6.92 Å². The molecule has 0 unspecified atom stereocenters. The van der Waals surface area contributed by atoms with Crippen LogP contribution >= 0.6 is 22.9 Å². The van der Waals surface area contributed by atoms with Crippen LogP contribution in [0.1, 0.15) is 46.2 Å². The van der Waals surface area contributed by atoms with E-state index in [4.69, 9.17) is 11.6 Å². The number of ketones is 1. The average Bonchev–Trinajstić information content (AvgIpc) is 3.34. The molecule has 1 saturated heterocycles. The van der Waals surface area contributed by atoms with Gasteiger partial charge in [0.15, 0.2) is 5.78 Å². The van der Waals surface area contributed by atoms with Gasteiger partial charge in [-0.25, -0.2) is 5.01 Å². The second-order valence-corrected chi connectivity index (χ2v) is 9.22. The predicted octanol–water partition coefficient (Wildman–Crippen LogP) is 4.06. The summed E-state index contributed by atoms with van der Waals surface area (Å²) in [5.41, 5.74) is 0.141. The molecule has 1 aromatic carbocycles. The molecule has 0 bridgehead atoms. The van der Waals surface area contributed by atoms with E-state index < -0.39 is 36.1 Å². The minimum atomic E-state index is -0.640. The molecule has 1 aliphatic heterocycles.